The lowest BCUT2D eigenvalue weighted by molar-refractivity contribution is -0.0598. The molecule has 2 heterocycles. The highest BCUT2D eigenvalue weighted by atomic mass is 16.5. The summed E-state index contributed by atoms with van der Waals surface area (Å²) in [5.74, 6) is 0. The van der Waals surface area contributed by atoms with Gasteiger partial charge in [-0.25, -0.2) is 0 Å². The number of nitrogens with zero attached hydrogens (tertiary/aromatic N) is 1. The predicted octanol–water partition coefficient (Wildman–Crippen LogP) is 1.65. The Labute approximate surface area is 123 Å². The average molecular weight is 282 g/mol. The van der Waals surface area contributed by atoms with Gasteiger partial charge in [0.2, 0.25) is 0 Å². The van der Waals surface area contributed by atoms with Gasteiger partial charge in [0, 0.05) is 44.8 Å². The van der Waals surface area contributed by atoms with Crippen LogP contribution >= 0.6 is 0 Å². The topological polar surface area (TPSA) is 33.7 Å². The second-order valence-corrected chi connectivity index (χ2v) is 7.43. The van der Waals surface area contributed by atoms with Crippen molar-refractivity contribution in [2.45, 2.75) is 50.7 Å². The van der Waals surface area contributed by atoms with Crippen molar-refractivity contribution in [2.24, 2.45) is 5.41 Å². The van der Waals surface area contributed by atoms with Crippen LogP contribution in [0, 0.1) is 5.41 Å². The van der Waals surface area contributed by atoms with Gasteiger partial charge in [-0.1, -0.05) is 0 Å². The van der Waals surface area contributed by atoms with Gasteiger partial charge in [-0.15, -0.1) is 0 Å². The number of likely N-dealkylation sites (tertiary alicyclic amines) is 1. The Hall–Kier alpha value is -0.160. The Balaban J connectivity index is 1.57. The van der Waals surface area contributed by atoms with Crippen LogP contribution in [0.1, 0.15) is 39.0 Å². The third kappa shape index (κ3) is 3.53. The van der Waals surface area contributed by atoms with Crippen molar-refractivity contribution in [3.8, 4) is 0 Å². The highest BCUT2D eigenvalue weighted by molar-refractivity contribution is 4.94. The minimum Gasteiger partial charge on any atom is -0.381 e. The molecule has 2 saturated heterocycles. The highest BCUT2D eigenvalue weighted by Gasteiger charge is 2.40. The van der Waals surface area contributed by atoms with E-state index in [0.717, 1.165) is 38.9 Å². The zero-order valence-electron chi connectivity index (χ0n) is 13.1. The standard InChI is InChI=1S/C16H30N2O2/c1-15(19-2)6-3-8-18(11-15)12-16(7-9-20-13-16)10-17-14-4-5-14/h14,17H,3-13H2,1-2H3. The van der Waals surface area contributed by atoms with E-state index >= 15 is 0 Å². The molecule has 3 rings (SSSR count). The molecule has 4 nitrogen and oxygen atoms in total. The average Bonchev–Trinajstić information content (AvgIpc) is 3.17. The smallest absolute Gasteiger partial charge is 0.0777 e. The molecule has 0 aromatic carbocycles. The number of hydrogen-bond donors (Lipinski definition) is 1. The van der Waals surface area contributed by atoms with E-state index in [1.807, 2.05) is 7.11 Å². The minimum absolute atomic E-state index is 0.0445. The monoisotopic (exact) mass is 282 g/mol. The van der Waals surface area contributed by atoms with Crippen LogP contribution in [0.15, 0.2) is 0 Å². The lowest BCUT2D eigenvalue weighted by Crippen LogP contribution is -2.53. The Morgan fingerprint density at radius 1 is 1.35 bits per heavy atom. The van der Waals surface area contributed by atoms with E-state index < -0.39 is 0 Å². The van der Waals surface area contributed by atoms with Crippen molar-refractivity contribution in [1.29, 1.82) is 0 Å². The molecule has 0 amide bonds. The van der Waals surface area contributed by atoms with Gasteiger partial charge in [0.15, 0.2) is 0 Å². The van der Waals surface area contributed by atoms with Gasteiger partial charge in [-0.3, -0.25) is 4.90 Å². The fourth-order valence-corrected chi connectivity index (χ4v) is 3.70. The van der Waals surface area contributed by atoms with E-state index in [1.54, 1.807) is 0 Å². The van der Waals surface area contributed by atoms with Gasteiger partial charge < -0.3 is 14.8 Å². The maximum Gasteiger partial charge on any atom is 0.0777 e. The van der Waals surface area contributed by atoms with Crippen molar-refractivity contribution in [1.82, 2.24) is 10.2 Å². The molecular weight excluding hydrogens is 252 g/mol. The number of ether oxygens (including phenoxy) is 2. The van der Waals surface area contributed by atoms with Gasteiger partial charge in [0.25, 0.3) is 0 Å². The number of rotatable bonds is 6. The number of piperidine rings is 1. The van der Waals surface area contributed by atoms with Gasteiger partial charge in [-0.05, 0) is 45.6 Å². The summed E-state index contributed by atoms with van der Waals surface area (Å²) < 4.78 is 11.5. The van der Waals surface area contributed by atoms with Crippen molar-refractivity contribution in [2.75, 3.05) is 46.5 Å². The third-order valence-corrected chi connectivity index (χ3v) is 5.32. The van der Waals surface area contributed by atoms with Crippen molar-refractivity contribution < 1.29 is 9.47 Å². The molecule has 0 bridgehead atoms. The zero-order valence-corrected chi connectivity index (χ0v) is 13.1. The molecule has 0 radical (unpaired) electrons. The zero-order chi connectivity index (χ0) is 14.1. The molecule has 116 valence electrons. The van der Waals surface area contributed by atoms with E-state index in [2.05, 4.69) is 17.1 Å². The second-order valence-electron chi connectivity index (χ2n) is 7.43. The lowest BCUT2D eigenvalue weighted by Gasteiger charge is -2.43. The van der Waals surface area contributed by atoms with Crippen LogP contribution < -0.4 is 5.32 Å². The molecular formula is C16H30N2O2. The molecule has 2 aliphatic heterocycles. The third-order valence-electron chi connectivity index (χ3n) is 5.32. The molecule has 4 heteroatoms. The summed E-state index contributed by atoms with van der Waals surface area (Å²) in [5, 5.41) is 3.73. The molecule has 1 saturated carbocycles. The van der Waals surface area contributed by atoms with Gasteiger partial charge in [-0.2, -0.15) is 0 Å². The molecule has 1 N–H and O–H groups in total. The number of methoxy groups -OCH3 is 1. The normalized spacial score (nSPS) is 39.3. The van der Waals surface area contributed by atoms with Crippen molar-refractivity contribution in [3.05, 3.63) is 0 Å². The molecule has 3 fully saturated rings. The fourth-order valence-electron chi connectivity index (χ4n) is 3.70. The van der Waals surface area contributed by atoms with Crippen molar-refractivity contribution in [3.63, 3.8) is 0 Å². The van der Waals surface area contributed by atoms with E-state index in [-0.39, 0.29) is 5.60 Å². The maximum atomic E-state index is 5.74. The van der Waals surface area contributed by atoms with E-state index in [4.69, 9.17) is 9.47 Å². The molecule has 0 spiro atoms. The molecule has 1 aliphatic carbocycles. The second kappa shape index (κ2) is 5.91. The summed E-state index contributed by atoms with van der Waals surface area (Å²) >= 11 is 0. The Morgan fingerprint density at radius 3 is 2.85 bits per heavy atom. The van der Waals surface area contributed by atoms with Crippen LogP contribution in [0.3, 0.4) is 0 Å². The van der Waals surface area contributed by atoms with Gasteiger partial charge >= 0.3 is 0 Å². The van der Waals surface area contributed by atoms with Gasteiger partial charge in [0.1, 0.15) is 0 Å². The van der Waals surface area contributed by atoms with Crippen LogP contribution in [-0.2, 0) is 9.47 Å². The summed E-state index contributed by atoms with van der Waals surface area (Å²) in [6.07, 6.45) is 6.36. The fraction of sp³-hybridized carbons (Fsp3) is 1.00. The first-order valence-corrected chi connectivity index (χ1v) is 8.22. The Kier molecular flexibility index (Phi) is 4.37. The number of hydrogen-bond acceptors (Lipinski definition) is 4. The maximum absolute atomic E-state index is 5.74. The van der Waals surface area contributed by atoms with E-state index in [0.29, 0.717) is 5.41 Å². The first-order valence-electron chi connectivity index (χ1n) is 8.22. The SMILES string of the molecule is COC1(C)CCCN(CC2(CNC3CC3)CCOC2)C1. The summed E-state index contributed by atoms with van der Waals surface area (Å²) in [7, 11) is 1.85. The number of nitrogens with one attached hydrogen (secondary N) is 1. The lowest BCUT2D eigenvalue weighted by atomic mass is 9.84. The van der Waals surface area contributed by atoms with Crippen LogP contribution in [0.5, 0.6) is 0 Å². The molecule has 2 atom stereocenters. The summed E-state index contributed by atoms with van der Waals surface area (Å²) in [6, 6.07) is 0.790. The molecule has 2 unspecified atom stereocenters. The molecule has 0 aromatic heterocycles. The van der Waals surface area contributed by atoms with Gasteiger partial charge in [0.05, 0.1) is 12.2 Å². The van der Waals surface area contributed by atoms with Crippen LogP contribution in [0.2, 0.25) is 0 Å². The van der Waals surface area contributed by atoms with Crippen LogP contribution in [0.25, 0.3) is 0 Å². The predicted molar refractivity (Wildman–Crippen MR) is 80.0 cm³/mol. The summed E-state index contributed by atoms with van der Waals surface area (Å²) in [6.45, 7) is 8.66. The minimum atomic E-state index is 0.0445. The first-order chi connectivity index (χ1) is 9.63. The molecule has 20 heavy (non-hydrogen) atoms. The highest BCUT2D eigenvalue weighted by Crippen LogP contribution is 2.33. The van der Waals surface area contributed by atoms with E-state index in [1.165, 1.54) is 38.6 Å². The largest absolute Gasteiger partial charge is 0.381 e. The molecule has 0 aromatic rings. The first kappa shape index (κ1) is 14.8. The molecule has 3 aliphatic rings. The van der Waals surface area contributed by atoms with E-state index in [9.17, 15) is 0 Å². The van der Waals surface area contributed by atoms with Crippen LogP contribution in [0.4, 0.5) is 0 Å². The van der Waals surface area contributed by atoms with Crippen molar-refractivity contribution >= 4 is 0 Å². The summed E-state index contributed by atoms with van der Waals surface area (Å²) in [5.41, 5.74) is 0.372. The van der Waals surface area contributed by atoms with Crippen LogP contribution in [-0.4, -0.2) is 63.0 Å². The quantitative estimate of drug-likeness (QED) is 0.803. The Morgan fingerprint density at radius 2 is 2.20 bits per heavy atom. The Bertz CT molecular complexity index is 326. The summed E-state index contributed by atoms with van der Waals surface area (Å²) in [4.78, 5) is 2.61.